The van der Waals surface area contributed by atoms with Gasteiger partial charge in [-0.05, 0) is 43.7 Å². The van der Waals surface area contributed by atoms with Gasteiger partial charge in [-0.3, -0.25) is 4.79 Å². The molecule has 2 atom stereocenters. The topological polar surface area (TPSA) is 46.3 Å². The summed E-state index contributed by atoms with van der Waals surface area (Å²) in [5.41, 5.74) is 6.94. The summed E-state index contributed by atoms with van der Waals surface area (Å²) in [5.74, 6) is 0.690. The third-order valence-electron chi connectivity index (χ3n) is 4.76. The van der Waals surface area contributed by atoms with Gasteiger partial charge in [0.25, 0.3) is 5.91 Å². The predicted octanol–water partition coefficient (Wildman–Crippen LogP) is 3.72. The van der Waals surface area contributed by atoms with Crippen molar-refractivity contribution in [1.82, 2.24) is 4.90 Å². The highest BCUT2D eigenvalue weighted by atomic mass is 35.5. The summed E-state index contributed by atoms with van der Waals surface area (Å²) in [7, 11) is 0. The molecule has 1 aliphatic carbocycles. The molecule has 20 heavy (non-hydrogen) atoms. The zero-order valence-corrected chi connectivity index (χ0v) is 12.4. The Labute approximate surface area is 125 Å². The molecule has 2 fully saturated rings. The van der Waals surface area contributed by atoms with E-state index >= 15 is 0 Å². The largest absolute Gasteiger partial charge is 0.398 e. The van der Waals surface area contributed by atoms with Crippen LogP contribution in [0.15, 0.2) is 18.2 Å². The van der Waals surface area contributed by atoms with E-state index in [-0.39, 0.29) is 5.91 Å². The normalized spacial score (nSPS) is 26.1. The number of likely N-dealkylation sites (tertiary alicyclic amines) is 1. The van der Waals surface area contributed by atoms with Gasteiger partial charge in [0, 0.05) is 18.3 Å². The third kappa shape index (κ3) is 2.39. The zero-order valence-electron chi connectivity index (χ0n) is 11.6. The molecular weight excluding hydrogens is 272 g/mol. The molecule has 1 heterocycles. The molecule has 1 aliphatic heterocycles. The van der Waals surface area contributed by atoms with Gasteiger partial charge in [0.1, 0.15) is 0 Å². The van der Waals surface area contributed by atoms with Crippen LogP contribution >= 0.6 is 11.6 Å². The molecule has 1 aromatic rings. The Hall–Kier alpha value is -1.22. The van der Waals surface area contributed by atoms with E-state index in [1.165, 1.54) is 25.7 Å². The lowest BCUT2D eigenvalue weighted by Crippen LogP contribution is -2.49. The number of hydrogen-bond donors (Lipinski definition) is 1. The minimum absolute atomic E-state index is 0.0182. The lowest BCUT2D eigenvalue weighted by Gasteiger charge is -2.44. The van der Waals surface area contributed by atoms with Crippen LogP contribution in [-0.2, 0) is 0 Å². The van der Waals surface area contributed by atoms with Gasteiger partial charge in [0.05, 0.1) is 10.6 Å². The number of halogens is 1. The van der Waals surface area contributed by atoms with Crippen molar-refractivity contribution in [2.24, 2.45) is 5.92 Å². The molecule has 1 saturated heterocycles. The lowest BCUT2D eigenvalue weighted by atomic mass is 9.78. The van der Waals surface area contributed by atoms with Crippen LogP contribution in [0.5, 0.6) is 0 Å². The van der Waals surface area contributed by atoms with Crippen LogP contribution in [0.25, 0.3) is 0 Å². The minimum Gasteiger partial charge on any atom is -0.398 e. The molecule has 3 rings (SSSR count). The molecule has 0 radical (unpaired) electrons. The summed E-state index contributed by atoms with van der Waals surface area (Å²) in [6.45, 7) is 0.838. The number of benzene rings is 1. The van der Waals surface area contributed by atoms with Crippen molar-refractivity contribution in [3.8, 4) is 0 Å². The van der Waals surface area contributed by atoms with Gasteiger partial charge in [-0.1, -0.05) is 30.5 Å². The van der Waals surface area contributed by atoms with Crippen molar-refractivity contribution < 1.29 is 4.79 Å². The number of anilines is 1. The van der Waals surface area contributed by atoms with Crippen molar-refractivity contribution in [1.29, 1.82) is 0 Å². The number of carbonyl (C=O) groups excluding carboxylic acids is 1. The molecular formula is C16H21ClN2O. The van der Waals surface area contributed by atoms with Crippen LogP contribution in [-0.4, -0.2) is 23.4 Å². The fourth-order valence-electron chi connectivity index (χ4n) is 3.79. The van der Waals surface area contributed by atoms with E-state index in [9.17, 15) is 4.79 Å². The number of nitrogens with two attached hydrogens (primary N) is 1. The Morgan fingerprint density at radius 3 is 2.75 bits per heavy atom. The molecule has 108 valence electrons. The van der Waals surface area contributed by atoms with Crippen LogP contribution < -0.4 is 5.73 Å². The van der Waals surface area contributed by atoms with E-state index < -0.39 is 0 Å². The molecule has 1 saturated carbocycles. The Balaban J connectivity index is 1.89. The fourth-order valence-corrected chi connectivity index (χ4v) is 4.05. The third-order valence-corrected chi connectivity index (χ3v) is 5.08. The maximum atomic E-state index is 12.9. The van der Waals surface area contributed by atoms with E-state index in [4.69, 9.17) is 17.3 Å². The number of rotatable bonds is 1. The number of nitrogens with zero attached hydrogens (tertiary/aromatic N) is 1. The van der Waals surface area contributed by atoms with Gasteiger partial charge in [-0.15, -0.1) is 0 Å². The maximum Gasteiger partial charge on any atom is 0.257 e. The van der Waals surface area contributed by atoms with Crippen LogP contribution in [0.1, 0.15) is 48.9 Å². The number of nitrogen functional groups attached to an aromatic ring is 1. The Morgan fingerprint density at radius 2 is 1.95 bits per heavy atom. The van der Waals surface area contributed by atoms with Crippen molar-refractivity contribution in [2.75, 3.05) is 12.3 Å². The highest BCUT2D eigenvalue weighted by Crippen LogP contribution is 2.37. The van der Waals surface area contributed by atoms with Crippen molar-refractivity contribution in [3.63, 3.8) is 0 Å². The highest BCUT2D eigenvalue weighted by molar-refractivity contribution is 6.34. The van der Waals surface area contributed by atoms with Gasteiger partial charge in [-0.2, -0.15) is 0 Å². The van der Waals surface area contributed by atoms with Gasteiger partial charge in [-0.25, -0.2) is 0 Å². The Morgan fingerprint density at radius 1 is 1.20 bits per heavy atom. The number of hydrogen-bond acceptors (Lipinski definition) is 2. The quantitative estimate of drug-likeness (QED) is 0.802. The van der Waals surface area contributed by atoms with Gasteiger partial charge in [0.2, 0.25) is 0 Å². The summed E-state index contributed by atoms with van der Waals surface area (Å²) in [5, 5.41) is 0.466. The Bertz CT molecular complexity index is 495. The molecule has 1 aromatic carbocycles. The van der Waals surface area contributed by atoms with Crippen LogP contribution in [0.2, 0.25) is 5.02 Å². The molecule has 0 aromatic heterocycles. The molecule has 0 bridgehead atoms. The fraction of sp³-hybridized carbons (Fsp3) is 0.562. The summed E-state index contributed by atoms with van der Waals surface area (Å²) >= 11 is 6.19. The molecule has 0 unspecified atom stereocenters. The van der Waals surface area contributed by atoms with Crippen molar-refractivity contribution >= 4 is 23.2 Å². The van der Waals surface area contributed by atoms with Gasteiger partial charge < -0.3 is 10.6 Å². The summed E-state index contributed by atoms with van der Waals surface area (Å²) < 4.78 is 0. The minimum atomic E-state index is 0.0182. The lowest BCUT2D eigenvalue weighted by molar-refractivity contribution is 0.0392. The Kier molecular flexibility index (Phi) is 3.88. The predicted molar refractivity (Wildman–Crippen MR) is 81.9 cm³/mol. The summed E-state index contributed by atoms with van der Waals surface area (Å²) in [6, 6.07) is 5.67. The SMILES string of the molecule is Nc1cccc(Cl)c1C(=O)N1CCC[C@H]2CCCC[C@H]21. The number of piperidine rings is 1. The first kappa shape index (κ1) is 13.7. The number of fused-ring (bicyclic) bond motifs is 1. The number of amides is 1. The van der Waals surface area contributed by atoms with E-state index in [1.54, 1.807) is 18.2 Å². The van der Waals surface area contributed by atoms with E-state index in [0.29, 0.717) is 28.2 Å². The van der Waals surface area contributed by atoms with Gasteiger partial charge >= 0.3 is 0 Å². The average Bonchev–Trinajstić information content (AvgIpc) is 2.46. The molecule has 3 nitrogen and oxygen atoms in total. The van der Waals surface area contributed by atoms with Crippen LogP contribution in [0.3, 0.4) is 0 Å². The first-order valence-corrected chi connectivity index (χ1v) is 7.91. The zero-order chi connectivity index (χ0) is 14.1. The van der Waals surface area contributed by atoms with E-state index in [1.807, 2.05) is 4.90 Å². The van der Waals surface area contributed by atoms with Crippen molar-refractivity contribution in [2.45, 2.75) is 44.6 Å². The van der Waals surface area contributed by atoms with Gasteiger partial charge in [0.15, 0.2) is 0 Å². The maximum absolute atomic E-state index is 12.9. The molecule has 1 amide bonds. The first-order valence-electron chi connectivity index (χ1n) is 7.53. The van der Waals surface area contributed by atoms with Crippen LogP contribution in [0, 0.1) is 5.92 Å². The first-order chi connectivity index (χ1) is 9.68. The summed E-state index contributed by atoms with van der Waals surface area (Å²) in [4.78, 5) is 14.9. The van der Waals surface area contributed by atoms with E-state index in [0.717, 1.165) is 19.4 Å². The number of carbonyl (C=O) groups is 1. The second-order valence-corrected chi connectivity index (χ2v) is 6.36. The molecule has 0 spiro atoms. The summed E-state index contributed by atoms with van der Waals surface area (Å²) in [6.07, 6.45) is 7.26. The van der Waals surface area contributed by atoms with Crippen LogP contribution in [0.4, 0.5) is 5.69 Å². The van der Waals surface area contributed by atoms with Crippen molar-refractivity contribution in [3.05, 3.63) is 28.8 Å². The molecule has 4 heteroatoms. The molecule has 2 aliphatic rings. The monoisotopic (exact) mass is 292 g/mol. The second kappa shape index (κ2) is 5.65. The smallest absolute Gasteiger partial charge is 0.257 e. The van der Waals surface area contributed by atoms with E-state index in [2.05, 4.69) is 0 Å². The second-order valence-electron chi connectivity index (χ2n) is 5.96. The molecule has 2 N–H and O–H groups in total. The standard InChI is InChI=1S/C16H21ClN2O/c17-12-7-3-8-13(18)15(12)16(20)19-10-4-6-11-5-1-2-9-14(11)19/h3,7-8,11,14H,1-2,4-6,9-10,18H2/t11-,14-/m1/s1. The average molecular weight is 293 g/mol. The highest BCUT2D eigenvalue weighted by Gasteiger charge is 2.36.